The zero-order chi connectivity index (χ0) is 13.8. The minimum absolute atomic E-state index is 0.143. The molecule has 1 unspecified atom stereocenters. The van der Waals surface area contributed by atoms with Crippen LogP contribution in [-0.2, 0) is 0 Å². The molecule has 2 heterocycles. The second-order valence-corrected chi connectivity index (χ2v) is 4.85. The minimum atomic E-state index is -0.173. The van der Waals surface area contributed by atoms with Crippen molar-refractivity contribution in [1.82, 2.24) is 14.7 Å². The van der Waals surface area contributed by atoms with Gasteiger partial charge >= 0.3 is 0 Å². The van der Waals surface area contributed by atoms with E-state index in [1.54, 1.807) is 6.20 Å². The van der Waals surface area contributed by atoms with E-state index in [1.807, 2.05) is 36.4 Å². The van der Waals surface area contributed by atoms with Crippen LogP contribution in [0.2, 0.25) is 0 Å². The van der Waals surface area contributed by atoms with E-state index in [0.29, 0.717) is 18.7 Å². The number of carbonyl (C=O) groups excluding carboxylic acids is 1. The first-order chi connectivity index (χ1) is 9.11. The van der Waals surface area contributed by atoms with E-state index in [0.717, 1.165) is 11.3 Å². The Balaban J connectivity index is 2.07. The molecule has 0 saturated heterocycles. The number of nitrogens with one attached hydrogen (secondary N) is 1. The Morgan fingerprint density at radius 3 is 3.00 bits per heavy atom. The second-order valence-electron chi connectivity index (χ2n) is 4.85. The van der Waals surface area contributed by atoms with Gasteiger partial charge in [-0.25, -0.2) is 4.98 Å². The Kier molecular flexibility index (Phi) is 4.16. The molecule has 1 atom stereocenters. The van der Waals surface area contributed by atoms with Crippen molar-refractivity contribution in [3.8, 4) is 0 Å². The van der Waals surface area contributed by atoms with Crippen molar-refractivity contribution in [2.75, 3.05) is 13.2 Å². The first-order valence-corrected chi connectivity index (χ1v) is 6.45. The molecule has 2 aromatic rings. The van der Waals surface area contributed by atoms with Crippen molar-refractivity contribution in [2.45, 2.75) is 20.3 Å². The third-order valence-electron chi connectivity index (χ3n) is 3.16. The van der Waals surface area contributed by atoms with Crippen LogP contribution in [0.3, 0.4) is 0 Å². The molecule has 0 fully saturated rings. The lowest BCUT2D eigenvalue weighted by atomic mass is 10.1. The number of aliphatic hydroxyl groups excluding tert-OH is 1. The predicted molar refractivity (Wildman–Crippen MR) is 73.1 cm³/mol. The van der Waals surface area contributed by atoms with Gasteiger partial charge in [0.15, 0.2) is 0 Å². The number of fused-ring (bicyclic) bond motifs is 1. The normalized spacial score (nSPS) is 12.6. The van der Waals surface area contributed by atoms with E-state index in [1.165, 1.54) is 0 Å². The number of nitrogens with zero attached hydrogens (tertiary/aromatic N) is 2. The summed E-state index contributed by atoms with van der Waals surface area (Å²) in [6.07, 6.45) is 2.43. The number of hydrogen-bond acceptors (Lipinski definition) is 3. The highest BCUT2D eigenvalue weighted by Crippen LogP contribution is 2.08. The Bertz CT molecular complexity index is 577. The van der Waals surface area contributed by atoms with E-state index in [4.69, 9.17) is 5.11 Å². The maximum absolute atomic E-state index is 12.0. The number of imidazole rings is 1. The highest BCUT2D eigenvalue weighted by Gasteiger charge is 2.12. The van der Waals surface area contributed by atoms with Gasteiger partial charge in [-0.05, 0) is 31.4 Å². The Morgan fingerprint density at radius 1 is 1.53 bits per heavy atom. The van der Waals surface area contributed by atoms with Crippen molar-refractivity contribution >= 4 is 11.6 Å². The van der Waals surface area contributed by atoms with Crippen LogP contribution in [0.4, 0.5) is 0 Å². The highest BCUT2D eigenvalue weighted by atomic mass is 16.3. The van der Waals surface area contributed by atoms with Gasteiger partial charge in [0.05, 0.1) is 0 Å². The Hall–Kier alpha value is -1.88. The van der Waals surface area contributed by atoms with Crippen molar-refractivity contribution < 1.29 is 9.90 Å². The molecular weight excluding hydrogens is 242 g/mol. The molecule has 102 valence electrons. The summed E-state index contributed by atoms with van der Waals surface area (Å²) < 4.78 is 1.89. The van der Waals surface area contributed by atoms with E-state index < -0.39 is 0 Å². The van der Waals surface area contributed by atoms with Gasteiger partial charge in [0, 0.05) is 25.0 Å². The van der Waals surface area contributed by atoms with Crippen LogP contribution in [-0.4, -0.2) is 33.6 Å². The number of aryl methyl sites for hydroxylation is 1. The molecule has 0 radical (unpaired) electrons. The molecule has 0 spiro atoms. The number of carbonyl (C=O) groups is 1. The van der Waals surface area contributed by atoms with Gasteiger partial charge in [-0.2, -0.15) is 0 Å². The van der Waals surface area contributed by atoms with Crippen molar-refractivity contribution in [1.29, 1.82) is 0 Å². The van der Waals surface area contributed by atoms with Gasteiger partial charge in [0.2, 0.25) is 0 Å². The average Bonchev–Trinajstić information content (AvgIpc) is 2.82. The van der Waals surface area contributed by atoms with Crippen molar-refractivity contribution in [2.24, 2.45) is 5.92 Å². The fourth-order valence-corrected chi connectivity index (χ4v) is 1.94. The summed E-state index contributed by atoms with van der Waals surface area (Å²) in [6.45, 7) is 4.65. The summed E-state index contributed by atoms with van der Waals surface area (Å²) in [4.78, 5) is 16.3. The quantitative estimate of drug-likeness (QED) is 0.854. The van der Waals surface area contributed by atoms with Crippen LogP contribution < -0.4 is 5.32 Å². The third kappa shape index (κ3) is 3.12. The van der Waals surface area contributed by atoms with Crippen LogP contribution >= 0.6 is 0 Å². The van der Waals surface area contributed by atoms with Crippen LogP contribution in [0, 0.1) is 12.8 Å². The monoisotopic (exact) mass is 261 g/mol. The summed E-state index contributed by atoms with van der Waals surface area (Å²) in [5.41, 5.74) is 2.23. The highest BCUT2D eigenvalue weighted by molar-refractivity contribution is 5.92. The molecule has 5 heteroatoms. The molecule has 1 amide bonds. The molecule has 0 bridgehead atoms. The van der Waals surface area contributed by atoms with Crippen LogP contribution in [0.15, 0.2) is 24.4 Å². The zero-order valence-corrected chi connectivity index (χ0v) is 11.3. The molecule has 0 aliphatic carbocycles. The van der Waals surface area contributed by atoms with E-state index >= 15 is 0 Å². The van der Waals surface area contributed by atoms with Crippen LogP contribution in [0.5, 0.6) is 0 Å². The molecule has 2 N–H and O–H groups in total. The first kappa shape index (κ1) is 13.5. The van der Waals surface area contributed by atoms with Crippen LogP contribution in [0.25, 0.3) is 5.65 Å². The summed E-state index contributed by atoms with van der Waals surface area (Å²) in [5.74, 6) is 0.0839. The largest absolute Gasteiger partial charge is 0.396 e. The van der Waals surface area contributed by atoms with E-state index in [9.17, 15) is 4.79 Å². The van der Waals surface area contributed by atoms with Gasteiger partial charge in [-0.1, -0.05) is 13.0 Å². The SMILES string of the molecule is Cc1cccc2nc(C(=O)NCC(C)CCO)cn12. The fourth-order valence-electron chi connectivity index (χ4n) is 1.94. The number of rotatable bonds is 5. The van der Waals surface area contributed by atoms with Gasteiger partial charge in [-0.15, -0.1) is 0 Å². The molecule has 19 heavy (non-hydrogen) atoms. The van der Waals surface area contributed by atoms with Crippen LogP contribution in [0.1, 0.15) is 29.5 Å². The molecule has 2 rings (SSSR count). The number of aliphatic hydroxyl groups is 1. The third-order valence-corrected chi connectivity index (χ3v) is 3.16. The molecular formula is C14H19N3O2. The average molecular weight is 261 g/mol. The topological polar surface area (TPSA) is 66.6 Å². The standard InChI is InChI=1S/C14H19N3O2/c1-10(6-7-18)8-15-14(19)12-9-17-11(2)4-3-5-13(17)16-12/h3-5,9-10,18H,6-8H2,1-2H3,(H,15,19). The Morgan fingerprint density at radius 2 is 2.32 bits per heavy atom. The van der Waals surface area contributed by atoms with Gasteiger partial charge in [0.25, 0.3) is 5.91 Å². The lowest BCUT2D eigenvalue weighted by Crippen LogP contribution is -2.28. The van der Waals surface area contributed by atoms with Crippen molar-refractivity contribution in [3.63, 3.8) is 0 Å². The Labute approximate surface area is 112 Å². The van der Waals surface area contributed by atoms with Gasteiger partial charge in [0.1, 0.15) is 11.3 Å². The molecule has 0 aliphatic heterocycles. The first-order valence-electron chi connectivity index (χ1n) is 6.45. The number of aromatic nitrogens is 2. The molecule has 0 aromatic carbocycles. The maximum Gasteiger partial charge on any atom is 0.271 e. The number of hydrogen-bond donors (Lipinski definition) is 2. The van der Waals surface area contributed by atoms with Gasteiger partial charge in [-0.3, -0.25) is 4.79 Å². The molecule has 0 saturated carbocycles. The van der Waals surface area contributed by atoms with Gasteiger partial charge < -0.3 is 14.8 Å². The summed E-state index contributed by atoms with van der Waals surface area (Å²) in [7, 11) is 0. The molecule has 2 aromatic heterocycles. The summed E-state index contributed by atoms with van der Waals surface area (Å²) in [5, 5.41) is 11.7. The lowest BCUT2D eigenvalue weighted by molar-refractivity contribution is 0.0941. The summed E-state index contributed by atoms with van der Waals surface area (Å²) in [6, 6.07) is 5.76. The number of pyridine rings is 1. The maximum atomic E-state index is 12.0. The minimum Gasteiger partial charge on any atom is -0.396 e. The lowest BCUT2D eigenvalue weighted by Gasteiger charge is -2.09. The smallest absolute Gasteiger partial charge is 0.271 e. The second kappa shape index (κ2) is 5.84. The van der Waals surface area contributed by atoms with E-state index in [-0.39, 0.29) is 18.4 Å². The van der Waals surface area contributed by atoms with E-state index in [2.05, 4.69) is 10.3 Å². The van der Waals surface area contributed by atoms with Crippen molar-refractivity contribution in [3.05, 3.63) is 35.8 Å². The molecule has 0 aliphatic rings. The summed E-state index contributed by atoms with van der Waals surface area (Å²) >= 11 is 0. The molecule has 5 nitrogen and oxygen atoms in total. The zero-order valence-electron chi connectivity index (χ0n) is 11.3. The predicted octanol–water partition coefficient (Wildman–Crippen LogP) is 1.39. The number of amides is 1. The fraction of sp³-hybridized carbons (Fsp3) is 0.429.